The number of carbonyl (C=O) groups excluding carboxylic acids is 1. The highest BCUT2D eigenvalue weighted by molar-refractivity contribution is 8.14. The molecule has 8 nitrogen and oxygen atoms in total. The van der Waals surface area contributed by atoms with Crippen molar-refractivity contribution in [2.45, 2.75) is 43.1 Å². The van der Waals surface area contributed by atoms with Gasteiger partial charge in [-0.3, -0.25) is 4.99 Å². The van der Waals surface area contributed by atoms with Gasteiger partial charge in [-0.15, -0.1) is 0 Å². The Hall–Kier alpha value is -1.03. The van der Waals surface area contributed by atoms with Gasteiger partial charge < -0.3 is 29.9 Å². The van der Waals surface area contributed by atoms with E-state index in [1.54, 1.807) is 14.1 Å². The largest absolute Gasteiger partial charge is 0.447 e. The van der Waals surface area contributed by atoms with Crippen LogP contribution < -0.4 is 5.32 Å². The van der Waals surface area contributed by atoms with E-state index < -0.39 is 30.4 Å². The fourth-order valence-corrected chi connectivity index (χ4v) is 3.35. The molecule has 2 aliphatic rings. The van der Waals surface area contributed by atoms with Crippen molar-refractivity contribution in [2.75, 3.05) is 27.2 Å². The number of ether oxygens (including phenoxy) is 2. The first-order valence-corrected chi connectivity index (χ1v) is 8.15. The molecule has 2 fully saturated rings. The molecule has 22 heavy (non-hydrogen) atoms. The lowest BCUT2D eigenvalue weighted by molar-refractivity contribution is -0.168. The lowest BCUT2D eigenvalue weighted by atomic mass is 9.98. The monoisotopic (exact) mass is 333 g/mol. The Balaban J connectivity index is 1.95. The zero-order valence-electron chi connectivity index (χ0n) is 12.9. The molecule has 0 aromatic heterocycles. The summed E-state index contributed by atoms with van der Waals surface area (Å²) in [6, 6.07) is -0.420. The number of hydrogen-bond acceptors (Lipinski definition) is 7. The van der Waals surface area contributed by atoms with Crippen LogP contribution in [0.3, 0.4) is 0 Å². The number of aliphatic hydroxyl groups is 2. The molecule has 2 heterocycles. The third-order valence-electron chi connectivity index (χ3n) is 3.43. The Bertz CT molecular complexity index is 434. The molecule has 9 heteroatoms. The second-order valence-corrected chi connectivity index (χ2v) is 6.56. The number of carbonyl (C=O) groups is 1. The summed E-state index contributed by atoms with van der Waals surface area (Å²) in [6.07, 6.45) is -2.50. The standard InChI is InChI=1S/C13H23N3O5S/c1-4-5-14-12-15-8-10(18)9(17)7(21-11(8)22-12)6-20-13(19)16(2)3/h7-11,17-18H,4-6H2,1-3H3,(H,14,15)/t7-,8-,9+,10-,11-/m1/s1. The van der Waals surface area contributed by atoms with E-state index in [1.807, 2.05) is 6.92 Å². The zero-order valence-corrected chi connectivity index (χ0v) is 13.7. The SMILES string of the molecule is CCCN=C1N[C@@H]2[C@@H](O)[C@@H](O)[C@@H](COC(=O)N(C)C)O[C@@H]2S1. The Morgan fingerprint density at radius 3 is 2.82 bits per heavy atom. The molecular weight excluding hydrogens is 310 g/mol. The van der Waals surface area contributed by atoms with Crippen LogP contribution in [0.2, 0.25) is 0 Å². The van der Waals surface area contributed by atoms with Gasteiger partial charge in [0, 0.05) is 20.6 Å². The molecule has 2 aliphatic heterocycles. The van der Waals surface area contributed by atoms with E-state index in [0.717, 1.165) is 6.42 Å². The number of aliphatic imine (C=N–C) groups is 1. The van der Waals surface area contributed by atoms with Crippen LogP contribution >= 0.6 is 11.8 Å². The van der Waals surface area contributed by atoms with Crippen LogP contribution in [-0.4, -0.2) is 83.4 Å². The highest BCUT2D eigenvalue weighted by Gasteiger charge is 2.49. The van der Waals surface area contributed by atoms with Crippen LogP contribution in [0.15, 0.2) is 4.99 Å². The summed E-state index contributed by atoms with van der Waals surface area (Å²) < 4.78 is 10.8. The summed E-state index contributed by atoms with van der Waals surface area (Å²) in [5.74, 6) is 0. The van der Waals surface area contributed by atoms with Gasteiger partial charge in [-0.25, -0.2) is 4.79 Å². The summed E-state index contributed by atoms with van der Waals surface area (Å²) >= 11 is 1.38. The zero-order chi connectivity index (χ0) is 16.3. The third-order valence-corrected chi connectivity index (χ3v) is 4.54. The fourth-order valence-electron chi connectivity index (χ4n) is 2.19. The average Bonchev–Trinajstić information content (AvgIpc) is 2.90. The fraction of sp³-hybridized carbons (Fsp3) is 0.846. The maximum absolute atomic E-state index is 11.4. The molecule has 126 valence electrons. The van der Waals surface area contributed by atoms with Gasteiger partial charge in [-0.05, 0) is 6.42 Å². The first-order chi connectivity index (χ1) is 10.4. The van der Waals surface area contributed by atoms with E-state index in [-0.39, 0.29) is 12.0 Å². The van der Waals surface area contributed by atoms with Crippen molar-refractivity contribution < 1.29 is 24.5 Å². The van der Waals surface area contributed by atoms with E-state index in [4.69, 9.17) is 9.47 Å². The van der Waals surface area contributed by atoms with E-state index in [2.05, 4.69) is 10.3 Å². The van der Waals surface area contributed by atoms with Gasteiger partial charge in [0.15, 0.2) is 5.17 Å². The van der Waals surface area contributed by atoms with Crippen molar-refractivity contribution in [3.8, 4) is 0 Å². The molecule has 0 bridgehead atoms. The number of nitrogens with zero attached hydrogens (tertiary/aromatic N) is 2. The smallest absolute Gasteiger partial charge is 0.409 e. The first kappa shape index (κ1) is 17.3. The lowest BCUT2D eigenvalue weighted by Gasteiger charge is -2.38. The molecule has 0 unspecified atom stereocenters. The summed E-state index contributed by atoms with van der Waals surface area (Å²) in [4.78, 5) is 17.1. The van der Waals surface area contributed by atoms with Crippen molar-refractivity contribution in [1.82, 2.24) is 10.2 Å². The normalized spacial score (nSPS) is 35.9. The number of aliphatic hydroxyl groups excluding tert-OH is 2. The molecule has 2 rings (SSSR count). The van der Waals surface area contributed by atoms with Crippen molar-refractivity contribution in [1.29, 1.82) is 0 Å². The van der Waals surface area contributed by atoms with Gasteiger partial charge in [0.2, 0.25) is 0 Å². The molecule has 1 amide bonds. The number of amides is 1. The molecule has 0 saturated carbocycles. The van der Waals surface area contributed by atoms with Gasteiger partial charge in [-0.2, -0.15) is 0 Å². The predicted molar refractivity (Wildman–Crippen MR) is 82.8 cm³/mol. The number of nitrogens with one attached hydrogen (secondary N) is 1. The summed E-state index contributed by atoms with van der Waals surface area (Å²) in [5.41, 5.74) is -0.364. The van der Waals surface area contributed by atoms with Crippen LogP contribution in [0.5, 0.6) is 0 Å². The van der Waals surface area contributed by atoms with Crippen LogP contribution in [0, 0.1) is 0 Å². The Kier molecular flexibility index (Phi) is 5.90. The second kappa shape index (κ2) is 7.49. The van der Waals surface area contributed by atoms with Crippen molar-refractivity contribution in [2.24, 2.45) is 4.99 Å². The molecule has 3 N–H and O–H groups in total. The highest BCUT2D eigenvalue weighted by Crippen LogP contribution is 2.34. The molecule has 0 radical (unpaired) electrons. The minimum atomic E-state index is -1.13. The summed E-state index contributed by atoms with van der Waals surface area (Å²) in [5, 5.41) is 24.1. The Labute approximate surface area is 133 Å². The maximum Gasteiger partial charge on any atom is 0.409 e. The number of fused-ring (bicyclic) bond motifs is 1. The number of rotatable bonds is 4. The lowest BCUT2D eigenvalue weighted by Crippen LogP contribution is -2.60. The van der Waals surface area contributed by atoms with Crippen molar-refractivity contribution in [3.63, 3.8) is 0 Å². The van der Waals surface area contributed by atoms with Gasteiger partial charge in [-0.1, -0.05) is 18.7 Å². The van der Waals surface area contributed by atoms with Crippen molar-refractivity contribution >= 4 is 23.0 Å². The predicted octanol–water partition coefficient (Wildman–Crippen LogP) is -0.398. The average molecular weight is 333 g/mol. The minimum absolute atomic E-state index is 0.111. The second-order valence-electron chi connectivity index (χ2n) is 5.47. The molecule has 2 saturated heterocycles. The van der Waals surface area contributed by atoms with Gasteiger partial charge in [0.1, 0.15) is 30.4 Å². The van der Waals surface area contributed by atoms with Crippen LogP contribution in [0.1, 0.15) is 13.3 Å². The highest BCUT2D eigenvalue weighted by atomic mass is 32.2. The number of thioether (sulfide) groups is 1. The van der Waals surface area contributed by atoms with Gasteiger partial charge >= 0.3 is 6.09 Å². The summed E-state index contributed by atoms with van der Waals surface area (Å²) in [6.45, 7) is 2.61. The van der Waals surface area contributed by atoms with E-state index >= 15 is 0 Å². The van der Waals surface area contributed by atoms with Crippen LogP contribution in [0.4, 0.5) is 4.79 Å². The third kappa shape index (κ3) is 3.83. The molecule has 0 aromatic rings. The van der Waals surface area contributed by atoms with E-state index in [1.165, 1.54) is 16.7 Å². The quantitative estimate of drug-likeness (QED) is 0.643. The Morgan fingerprint density at radius 1 is 1.45 bits per heavy atom. The van der Waals surface area contributed by atoms with Crippen LogP contribution in [0.25, 0.3) is 0 Å². The Morgan fingerprint density at radius 2 is 2.18 bits per heavy atom. The summed E-state index contributed by atoms with van der Waals surface area (Å²) in [7, 11) is 3.14. The molecule has 0 spiro atoms. The molecule has 5 atom stereocenters. The number of hydrogen-bond donors (Lipinski definition) is 3. The van der Waals surface area contributed by atoms with Crippen LogP contribution in [-0.2, 0) is 9.47 Å². The molecular formula is C13H23N3O5S. The topological polar surface area (TPSA) is 104 Å². The van der Waals surface area contributed by atoms with E-state index in [0.29, 0.717) is 11.7 Å². The molecule has 0 aromatic carbocycles. The van der Waals surface area contributed by atoms with Gasteiger partial charge in [0.25, 0.3) is 0 Å². The van der Waals surface area contributed by atoms with E-state index in [9.17, 15) is 15.0 Å². The van der Waals surface area contributed by atoms with Crippen molar-refractivity contribution in [3.05, 3.63) is 0 Å². The number of amidine groups is 1. The first-order valence-electron chi connectivity index (χ1n) is 7.27. The van der Waals surface area contributed by atoms with Gasteiger partial charge in [0.05, 0.1) is 6.04 Å². The molecule has 0 aliphatic carbocycles. The minimum Gasteiger partial charge on any atom is -0.447 e. The maximum atomic E-state index is 11.4.